The lowest BCUT2D eigenvalue weighted by atomic mass is 10.1. The maximum atomic E-state index is 11.1. The standard InChI is InChI=1S/C15H19N9O/c1-15(2,3)24-14-10(4-19-24)13(17-8-18-14)22-5-9(6-22)23-7-11(12(16)25)20-21-23/h4,7-9H,5-6H2,1-3H3,(H2,16,25). The average molecular weight is 341 g/mol. The Balaban J connectivity index is 1.58. The van der Waals surface area contributed by atoms with Crippen LogP contribution in [-0.4, -0.2) is 53.7 Å². The number of hydrogen-bond acceptors (Lipinski definition) is 7. The molecule has 1 aliphatic heterocycles. The Morgan fingerprint density at radius 1 is 1.28 bits per heavy atom. The molecule has 2 N–H and O–H groups in total. The van der Waals surface area contributed by atoms with E-state index in [-0.39, 0.29) is 17.3 Å². The van der Waals surface area contributed by atoms with Gasteiger partial charge in [-0.1, -0.05) is 5.21 Å². The first-order chi connectivity index (χ1) is 11.8. The molecule has 4 rings (SSSR count). The summed E-state index contributed by atoms with van der Waals surface area (Å²) in [5, 5.41) is 13.2. The van der Waals surface area contributed by atoms with Crippen LogP contribution >= 0.6 is 0 Å². The van der Waals surface area contributed by atoms with E-state index in [1.165, 1.54) is 0 Å². The number of rotatable bonds is 3. The number of anilines is 1. The first-order valence-corrected chi connectivity index (χ1v) is 8.00. The summed E-state index contributed by atoms with van der Waals surface area (Å²) in [6.07, 6.45) is 4.96. The molecule has 0 unspecified atom stereocenters. The van der Waals surface area contributed by atoms with Gasteiger partial charge in [-0.3, -0.25) is 4.79 Å². The van der Waals surface area contributed by atoms with Gasteiger partial charge in [0, 0.05) is 13.1 Å². The van der Waals surface area contributed by atoms with Gasteiger partial charge in [0.1, 0.15) is 12.1 Å². The number of carbonyl (C=O) groups is 1. The average Bonchev–Trinajstić information content (AvgIpc) is 3.11. The molecule has 1 aliphatic rings. The maximum Gasteiger partial charge on any atom is 0.270 e. The van der Waals surface area contributed by atoms with Gasteiger partial charge in [0.15, 0.2) is 11.3 Å². The molecule has 1 fully saturated rings. The van der Waals surface area contributed by atoms with Gasteiger partial charge in [-0.05, 0) is 20.8 Å². The fourth-order valence-corrected chi connectivity index (χ4v) is 2.94. The molecule has 0 spiro atoms. The lowest BCUT2D eigenvalue weighted by Gasteiger charge is -2.39. The summed E-state index contributed by atoms with van der Waals surface area (Å²) in [6, 6.07) is 0.128. The number of hydrogen-bond donors (Lipinski definition) is 1. The van der Waals surface area contributed by atoms with E-state index in [1.807, 2.05) is 10.9 Å². The van der Waals surface area contributed by atoms with Crippen molar-refractivity contribution >= 4 is 22.8 Å². The first kappa shape index (κ1) is 15.5. The van der Waals surface area contributed by atoms with Crippen molar-refractivity contribution in [2.45, 2.75) is 32.4 Å². The van der Waals surface area contributed by atoms with Gasteiger partial charge in [0.25, 0.3) is 5.91 Å². The van der Waals surface area contributed by atoms with Crippen LogP contribution in [-0.2, 0) is 5.54 Å². The Morgan fingerprint density at radius 2 is 2.04 bits per heavy atom. The van der Waals surface area contributed by atoms with E-state index >= 15 is 0 Å². The molecule has 130 valence electrons. The number of nitrogens with zero attached hydrogens (tertiary/aromatic N) is 8. The molecule has 3 aromatic rings. The van der Waals surface area contributed by atoms with E-state index in [0.29, 0.717) is 13.1 Å². The Morgan fingerprint density at radius 3 is 2.68 bits per heavy atom. The molecular weight excluding hydrogens is 322 g/mol. The highest BCUT2D eigenvalue weighted by Gasteiger charge is 2.32. The third-order valence-electron chi connectivity index (χ3n) is 4.28. The van der Waals surface area contributed by atoms with E-state index in [2.05, 4.69) is 51.0 Å². The summed E-state index contributed by atoms with van der Waals surface area (Å²) in [4.78, 5) is 22.1. The number of amides is 1. The summed E-state index contributed by atoms with van der Waals surface area (Å²) < 4.78 is 3.58. The van der Waals surface area contributed by atoms with Crippen LogP contribution in [0.5, 0.6) is 0 Å². The van der Waals surface area contributed by atoms with Gasteiger partial charge in [0.2, 0.25) is 0 Å². The van der Waals surface area contributed by atoms with Crippen molar-refractivity contribution in [1.82, 2.24) is 34.7 Å². The molecule has 0 radical (unpaired) electrons. The molecule has 0 saturated carbocycles. The minimum Gasteiger partial charge on any atom is -0.364 e. The van der Waals surface area contributed by atoms with E-state index < -0.39 is 5.91 Å². The van der Waals surface area contributed by atoms with Gasteiger partial charge >= 0.3 is 0 Å². The molecule has 25 heavy (non-hydrogen) atoms. The van der Waals surface area contributed by atoms with Crippen molar-refractivity contribution in [3.05, 3.63) is 24.4 Å². The quantitative estimate of drug-likeness (QED) is 0.729. The van der Waals surface area contributed by atoms with Gasteiger partial charge in [-0.2, -0.15) is 5.10 Å². The number of fused-ring (bicyclic) bond motifs is 1. The predicted octanol–water partition coefficient (Wildman–Crippen LogP) is 0.333. The molecule has 10 heteroatoms. The van der Waals surface area contributed by atoms with Crippen LogP contribution in [0.25, 0.3) is 11.0 Å². The van der Waals surface area contributed by atoms with Crippen molar-refractivity contribution in [1.29, 1.82) is 0 Å². The van der Waals surface area contributed by atoms with Crippen molar-refractivity contribution < 1.29 is 4.79 Å². The zero-order chi connectivity index (χ0) is 17.8. The Labute approximate surface area is 143 Å². The van der Waals surface area contributed by atoms with E-state index in [0.717, 1.165) is 16.9 Å². The number of primary amides is 1. The normalized spacial score (nSPS) is 15.6. The molecule has 1 amide bonds. The molecule has 0 aliphatic carbocycles. The van der Waals surface area contributed by atoms with Crippen LogP contribution in [0.2, 0.25) is 0 Å². The van der Waals surface area contributed by atoms with Crippen LogP contribution in [0, 0.1) is 0 Å². The Hall–Kier alpha value is -3.04. The second-order valence-electron chi connectivity index (χ2n) is 7.17. The first-order valence-electron chi connectivity index (χ1n) is 8.00. The molecule has 1 saturated heterocycles. The van der Waals surface area contributed by atoms with Gasteiger partial charge in [-0.15, -0.1) is 5.10 Å². The molecule has 4 heterocycles. The Bertz CT molecular complexity index is 945. The second kappa shape index (κ2) is 5.23. The van der Waals surface area contributed by atoms with Crippen molar-refractivity contribution in [2.75, 3.05) is 18.0 Å². The van der Waals surface area contributed by atoms with Crippen LogP contribution in [0.1, 0.15) is 37.3 Å². The molecule has 10 nitrogen and oxygen atoms in total. The maximum absolute atomic E-state index is 11.1. The van der Waals surface area contributed by atoms with E-state index in [4.69, 9.17) is 5.73 Å². The molecule has 0 bridgehead atoms. The smallest absolute Gasteiger partial charge is 0.270 e. The second-order valence-corrected chi connectivity index (χ2v) is 7.17. The number of aromatic nitrogens is 7. The zero-order valence-corrected chi connectivity index (χ0v) is 14.3. The van der Waals surface area contributed by atoms with Crippen molar-refractivity contribution in [3.8, 4) is 0 Å². The zero-order valence-electron chi connectivity index (χ0n) is 14.3. The third-order valence-corrected chi connectivity index (χ3v) is 4.28. The van der Waals surface area contributed by atoms with Crippen LogP contribution in [0.15, 0.2) is 18.7 Å². The fourth-order valence-electron chi connectivity index (χ4n) is 2.94. The highest BCUT2D eigenvalue weighted by atomic mass is 16.1. The lowest BCUT2D eigenvalue weighted by molar-refractivity contribution is 0.0995. The largest absolute Gasteiger partial charge is 0.364 e. The SMILES string of the molecule is CC(C)(C)n1ncc2c(N3CC(n4cc(C(N)=O)nn4)C3)ncnc21. The van der Waals surface area contributed by atoms with E-state index in [9.17, 15) is 4.79 Å². The highest BCUT2D eigenvalue weighted by Crippen LogP contribution is 2.31. The summed E-state index contributed by atoms with van der Waals surface area (Å²) >= 11 is 0. The summed E-state index contributed by atoms with van der Waals surface area (Å²) in [7, 11) is 0. The van der Waals surface area contributed by atoms with E-state index in [1.54, 1.807) is 17.2 Å². The monoisotopic (exact) mass is 341 g/mol. The Kier molecular flexibility index (Phi) is 3.24. The predicted molar refractivity (Wildman–Crippen MR) is 90.1 cm³/mol. The molecule has 3 aromatic heterocycles. The molecular formula is C15H19N9O. The molecule has 0 aromatic carbocycles. The lowest BCUT2D eigenvalue weighted by Crippen LogP contribution is -2.48. The summed E-state index contributed by atoms with van der Waals surface area (Å²) in [6.45, 7) is 7.69. The van der Waals surface area contributed by atoms with Gasteiger partial charge in [-0.25, -0.2) is 19.3 Å². The van der Waals surface area contributed by atoms with Crippen LogP contribution in [0.4, 0.5) is 5.82 Å². The van der Waals surface area contributed by atoms with Gasteiger partial charge in [0.05, 0.1) is 29.4 Å². The highest BCUT2D eigenvalue weighted by molar-refractivity contribution is 5.90. The van der Waals surface area contributed by atoms with Crippen LogP contribution < -0.4 is 10.6 Å². The number of nitrogens with two attached hydrogens (primary N) is 1. The minimum absolute atomic E-state index is 0.128. The van der Waals surface area contributed by atoms with Gasteiger partial charge < -0.3 is 10.6 Å². The minimum atomic E-state index is -0.575. The topological polar surface area (TPSA) is 121 Å². The third kappa shape index (κ3) is 2.49. The van der Waals surface area contributed by atoms with Crippen LogP contribution in [0.3, 0.4) is 0 Å². The fraction of sp³-hybridized carbons (Fsp3) is 0.467. The summed E-state index contributed by atoms with van der Waals surface area (Å²) in [5.74, 6) is 0.279. The van der Waals surface area contributed by atoms with Crippen molar-refractivity contribution in [2.24, 2.45) is 5.73 Å². The van der Waals surface area contributed by atoms with Crippen molar-refractivity contribution in [3.63, 3.8) is 0 Å². The summed E-state index contributed by atoms with van der Waals surface area (Å²) in [5.41, 5.74) is 6.05. The molecule has 0 atom stereocenters. The number of carbonyl (C=O) groups excluding carboxylic acids is 1.